The third-order valence-corrected chi connectivity index (χ3v) is 3.98. The molecular formula is C13H24F3NO. The molecule has 1 aliphatic carbocycles. The standard InChI is InChI=1S/C13H24F3NO/c1-17-12(7-4-8-18-2)10-5-3-6-11(9-10)13(14,15)16/h10-12,17H,3-9H2,1-2H3. The number of nitrogens with one attached hydrogen (secondary N) is 1. The monoisotopic (exact) mass is 267 g/mol. The van der Waals surface area contributed by atoms with Crippen LogP contribution >= 0.6 is 0 Å². The smallest absolute Gasteiger partial charge is 0.385 e. The lowest BCUT2D eigenvalue weighted by Crippen LogP contribution is -2.39. The van der Waals surface area contributed by atoms with Crippen molar-refractivity contribution in [2.45, 2.75) is 50.7 Å². The zero-order valence-corrected chi connectivity index (χ0v) is 11.2. The fraction of sp³-hybridized carbons (Fsp3) is 1.00. The fourth-order valence-electron chi connectivity index (χ4n) is 2.95. The zero-order valence-electron chi connectivity index (χ0n) is 11.2. The van der Waals surface area contributed by atoms with E-state index < -0.39 is 12.1 Å². The second kappa shape index (κ2) is 7.34. The summed E-state index contributed by atoms with van der Waals surface area (Å²) < 4.78 is 43.2. The first kappa shape index (κ1) is 15.8. The summed E-state index contributed by atoms with van der Waals surface area (Å²) in [5, 5.41) is 3.18. The topological polar surface area (TPSA) is 21.3 Å². The molecule has 0 bridgehead atoms. The van der Waals surface area contributed by atoms with Crippen LogP contribution < -0.4 is 5.32 Å². The maximum absolute atomic E-state index is 12.7. The average molecular weight is 267 g/mol. The SMILES string of the molecule is CNC(CCCOC)C1CCCC(C(F)(F)F)C1. The van der Waals surface area contributed by atoms with E-state index in [9.17, 15) is 13.2 Å². The summed E-state index contributed by atoms with van der Waals surface area (Å²) in [5.74, 6) is -0.957. The molecular weight excluding hydrogens is 243 g/mol. The summed E-state index contributed by atoms with van der Waals surface area (Å²) in [4.78, 5) is 0. The third-order valence-electron chi connectivity index (χ3n) is 3.98. The average Bonchev–Trinajstić information content (AvgIpc) is 2.34. The molecule has 0 saturated heterocycles. The zero-order chi connectivity index (χ0) is 13.6. The first-order valence-electron chi connectivity index (χ1n) is 6.72. The molecule has 1 N–H and O–H groups in total. The molecule has 0 aliphatic heterocycles. The summed E-state index contributed by atoms with van der Waals surface area (Å²) in [6, 6.07) is 0.185. The number of hydrogen-bond acceptors (Lipinski definition) is 2. The molecule has 1 fully saturated rings. The molecule has 0 radical (unpaired) electrons. The molecule has 0 heterocycles. The van der Waals surface area contributed by atoms with Gasteiger partial charge < -0.3 is 10.1 Å². The lowest BCUT2D eigenvalue weighted by atomic mass is 9.76. The minimum Gasteiger partial charge on any atom is -0.385 e. The van der Waals surface area contributed by atoms with Gasteiger partial charge in [0.2, 0.25) is 0 Å². The van der Waals surface area contributed by atoms with Gasteiger partial charge in [-0.2, -0.15) is 13.2 Å². The van der Waals surface area contributed by atoms with Crippen LogP contribution in [-0.4, -0.2) is 33.0 Å². The van der Waals surface area contributed by atoms with Crippen molar-refractivity contribution < 1.29 is 17.9 Å². The van der Waals surface area contributed by atoms with Gasteiger partial charge in [0.15, 0.2) is 0 Å². The van der Waals surface area contributed by atoms with Gasteiger partial charge >= 0.3 is 6.18 Å². The first-order valence-corrected chi connectivity index (χ1v) is 6.72. The van der Waals surface area contributed by atoms with Gasteiger partial charge in [-0.25, -0.2) is 0 Å². The Kier molecular flexibility index (Phi) is 6.43. The Hall–Kier alpha value is -0.290. The predicted molar refractivity (Wildman–Crippen MR) is 65.5 cm³/mol. The summed E-state index contributed by atoms with van der Waals surface area (Å²) in [6.07, 6.45) is -0.0584. The number of halogens is 3. The quantitative estimate of drug-likeness (QED) is 0.745. The molecule has 1 aliphatic rings. The highest BCUT2D eigenvalue weighted by molar-refractivity contribution is 4.84. The predicted octanol–water partition coefficient (Wildman–Crippen LogP) is 3.37. The van der Waals surface area contributed by atoms with E-state index in [4.69, 9.17) is 4.74 Å². The molecule has 3 atom stereocenters. The summed E-state index contributed by atoms with van der Waals surface area (Å²) in [5.41, 5.74) is 0. The van der Waals surface area contributed by atoms with Crippen molar-refractivity contribution in [2.75, 3.05) is 20.8 Å². The minimum absolute atomic E-state index is 0.146. The van der Waals surface area contributed by atoms with Crippen molar-refractivity contribution in [1.82, 2.24) is 5.32 Å². The summed E-state index contributed by atoms with van der Waals surface area (Å²) >= 11 is 0. The summed E-state index contributed by atoms with van der Waals surface area (Å²) in [7, 11) is 3.49. The molecule has 0 aromatic rings. The molecule has 18 heavy (non-hydrogen) atoms. The van der Waals surface area contributed by atoms with Crippen LogP contribution in [0.25, 0.3) is 0 Å². The van der Waals surface area contributed by atoms with Gasteiger partial charge in [-0.1, -0.05) is 6.42 Å². The normalized spacial score (nSPS) is 27.2. The van der Waals surface area contributed by atoms with E-state index in [1.807, 2.05) is 7.05 Å². The second-order valence-electron chi connectivity index (χ2n) is 5.20. The van der Waals surface area contributed by atoms with Crippen LogP contribution in [-0.2, 0) is 4.74 Å². The third kappa shape index (κ3) is 4.76. The fourth-order valence-corrected chi connectivity index (χ4v) is 2.95. The first-order chi connectivity index (χ1) is 8.49. The lowest BCUT2D eigenvalue weighted by Gasteiger charge is -2.35. The molecule has 3 unspecified atom stereocenters. The van der Waals surface area contributed by atoms with E-state index in [1.54, 1.807) is 7.11 Å². The highest BCUT2D eigenvalue weighted by Gasteiger charge is 2.43. The molecule has 0 aromatic carbocycles. The number of ether oxygens (including phenoxy) is 1. The van der Waals surface area contributed by atoms with Crippen molar-refractivity contribution in [3.63, 3.8) is 0 Å². The van der Waals surface area contributed by atoms with E-state index in [0.29, 0.717) is 19.4 Å². The molecule has 5 heteroatoms. The number of methoxy groups -OCH3 is 1. The molecule has 1 rings (SSSR count). The van der Waals surface area contributed by atoms with Gasteiger partial charge in [-0.05, 0) is 45.1 Å². The van der Waals surface area contributed by atoms with Gasteiger partial charge in [0.05, 0.1) is 5.92 Å². The van der Waals surface area contributed by atoms with Gasteiger partial charge in [-0.3, -0.25) is 0 Å². The Bertz CT molecular complexity index is 233. The Morgan fingerprint density at radius 2 is 2.06 bits per heavy atom. The number of hydrogen-bond donors (Lipinski definition) is 1. The maximum Gasteiger partial charge on any atom is 0.391 e. The minimum atomic E-state index is -4.02. The van der Waals surface area contributed by atoms with Crippen LogP contribution in [0.5, 0.6) is 0 Å². The van der Waals surface area contributed by atoms with Crippen molar-refractivity contribution in [2.24, 2.45) is 11.8 Å². The number of rotatable bonds is 6. The molecule has 0 aromatic heterocycles. The lowest BCUT2D eigenvalue weighted by molar-refractivity contribution is -0.186. The van der Waals surface area contributed by atoms with Crippen molar-refractivity contribution in [1.29, 1.82) is 0 Å². The number of alkyl halides is 3. The van der Waals surface area contributed by atoms with E-state index in [1.165, 1.54) is 0 Å². The molecule has 108 valence electrons. The second-order valence-corrected chi connectivity index (χ2v) is 5.20. The van der Waals surface area contributed by atoms with Gasteiger partial charge in [0.1, 0.15) is 0 Å². The highest BCUT2D eigenvalue weighted by Crippen LogP contribution is 2.41. The van der Waals surface area contributed by atoms with Crippen molar-refractivity contribution in [3.8, 4) is 0 Å². The molecule has 0 spiro atoms. The maximum atomic E-state index is 12.7. The molecule has 0 amide bonds. The van der Waals surface area contributed by atoms with E-state index in [-0.39, 0.29) is 18.4 Å². The Morgan fingerprint density at radius 3 is 2.61 bits per heavy atom. The van der Waals surface area contributed by atoms with Crippen LogP contribution in [0, 0.1) is 11.8 Å². The molecule has 2 nitrogen and oxygen atoms in total. The Morgan fingerprint density at radius 1 is 1.33 bits per heavy atom. The van der Waals surface area contributed by atoms with E-state index in [2.05, 4.69) is 5.32 Å². The highest BCUT2D eigenvalue weighted by atomic mass is 19.4. The van der Waals surface area contributed by atoms with Crippen LogP contribution in [0.4, 0.5) is 13.2 Å². The molecule has 1 saturated carbocycles. The van der Waals surface area contributed by atoms with Crippen LogP contribution in [0.3, 0.4) is 0 Å². The Labute approximate surface area is 107 Å². The Balaban J connectivity index is 2.47. The van der Waals surface area contributed by atoms with Gasteiger partial charge in [-0.15, -0.1) is 0 Å². The van der Waals surface area contributed by atoms with Crippen LogP contribution in [0.2, 0.25) is 0 Å². The largest absolute Gasteiger partial charge is 0.391 e. The van der Waals surface area contributed by atoms with Gasteiger partial charge in [0.25, 0.3) is 0 Å². The van der Waals surface area contributed by atoms with Crippen LogP contribution in [0.15, 0.2) is 0 Å². The van der Waals surface area contributed by atoms with E-state index >= 15 is 0 Å². The van der Waals surface area contributed by atoms with E-state index in [0.717, 1.165) is 19.3 Å². The van der Waals surface area contributed by atoms with Crippen molar-refractivity contribution >= 4 is 0 Å². The summed E-state index contributed by atoms with van der Waals surface area (Å²) in [6.45, 7) is 0.674. The van der Waals surface area contributed by atoms with Crippen LogP contribution in [0.1, 0.15) is 38.5 Å². The van der Waals surface area contributed by atoms with Crippen molar-refractivity contribution in [3.05, 3.63) is 0 Å². The van der Waals surface area contributed by atoms with Gasteiger partial charge in [0, 0.05) is 19.8 Å².